The van der Waals surface area contributed by atoms with E-state index in [9.17, 15) is 0 Å². The van der Waals surface area contributed by atoms with Crippen LogP contribution < -0.4 is 10.1 Å². The van der Waals surface area contributed by atoms with Crippen LogP contribution in [0, 0.1) is 5.41 Å². The lowest BCUT2D eigenvalue weighted by molar-refractivity contribution is 0.305. The fourth-order valence-corrected chi connectivity index (χ4v) is 1.08. The predicted molar refractivity (Wildman–Crippen MR) is 65.8 cm³/mol. The molecule has 0 bridgehead atoms. The van der Waals surface area contributed by atoms with Crippen LogP contribution in [-0.4, -0.2) is 23.1 Å². The van der Waals surface area contributed by atoms with Crippen molar-refractivity contribution < 1.29 is 4.74 Å². The van der Waals surface area contributed by atoms with Gasteiger partial charge in [0.1, 0.15) is 12.1 Å². The first kappa shape index (κ1) is 12.7. The quantitative estimate of drug-likeness (QED) is 0.833. The van der Waals surface area contributed by atoms with E-state index in [2.05, 4.69) is 43.0 Å². The molecule has 1 heterocycles. The van der Waals surface area contributed by atoms with Crippen LogP contribution in [0.25, 0.3) is 0 Å². The van der Waals surface area contributed by atoms with Gasteiger partial charge in [0.2, 0.25) is 5.88 Å². The van der Waals surface area contributed by atoms with Crippen molar-refractivity contribution in [2.24, 2.45) is 5.41 Å². The lowest BCUT2D eigenvalue weighted by Crippen LogP contribution is -2.19. The van der Waals surface area contributed by atoms with Gasteiger partial charge >= 0.3 is 0 Å². The Morgan fingerprint density at radius 2 is 2.06 bits per heavy atom. The van der Waals surface area contributed by atoms with Gasteiger partial charge in [-0.15, -0.1) is 0 Å². The minimum atomic E-state index is 0.232. The van der Waals surface area contributed by atoms with Gasteiger partial charge < -0.3 is 10.1 Å². The van der Waals surface area contributed by atoms with E-state index in [1.54, 1.807) is 0 Å². The van der Waals surface area contributed by atoms with E-state index in [1.165, 1.54) is 6.33 Å². The molecule has 1 rings (SSSR count). The molecule has 0 aliphatic heterocycles. The Hall–Kier alpha value is -1.32. The van der Waals surface area contributed by atoms with Crippen LogP contribution in [0.2, 0.25) is 0 Å². The Morgan fingerprint density at radius 1 is 1.31 bits per heavy atom. The van der Waals surface area contributed by atoms with Gasteiger partial charge in [-0.05, 0) is 11.8 Å². The number of hydrogen-bond donors (Lipinski definition) is 1. The number of nitrogens with one attached hydrogen (secondary N) is 1. The molecule has 0 unspecified atom stereocenters. The third-order valence-corrected chi connectivity index (χ3v) is 1.90. The van der Waals surface area contributed by atoms with Crippen molar-refractivity contribution in [2.45, 2.75) is 34.1 Å². The van der Waals surface area contributed by atoms with E-state index in [0.717, 1.165) is 18.8 Å². The highest BCUT2D eigenvalue weighted by Crippen LogP contribution is 2.16. The van der Waals surface area contributed by atoms with Crippen molar-refractivity contribution in [1.82, 2.24) is 9.97 Å². The Balaban J connectivity index is 2.53. The first-order valence-electron chi connectivity index (χ1n) is 5.70. The normalized spacial score (nSPS) is 11.2. The summed E-state index contributed by atoms with van der Waals surface area (Å²) in [5.41, 5.74) is 0.232. The standard InChI is InChI=1S/C12H21N3O/c1-5-6-16-11-7-10(14-9-15-11)13-8-12(2,3)4/h7,9H,5-6,8H2,1-4H3,(H,13,14,15). The first-order valence-corrected chi connectivity index (χ1v) is 5.70. The molecular weight excluding hydrogens is 202 g/mol. The Morgan fingerprint density at radius 3 is 2.69 bits per heavy atom. The lowest BCUT2D eigenvalue weighted by Gasteiger charge is -2.19. The second-order valence-electron chi connectivity index (χ2n) is 5.00. The zero-order chi connectivity index (χ0) is 12.0. The summed E-state index contributed by atoms with van der Waals surface area (Å²) in [5, 5.41) is 3.27. The minimum Gasteiger partial charge on any atom is -0.478 e. The Kier molecular flexibility index (Phi) is 4.52. The molecule has 0 aliphatic rings. The molecule has 90 valence electrons. The van der Waals surface area contributed by atoms with Gasteiger partial charge in [0, 0.05) is 12.6 Å². The monoisotopic (exact) mass is 223 g/mol. The highest BCUT2D eigenvalue weighted by molar-refractivity contribution is 5.37. The van der Waals surface area contributed by atoms with Crippen molar-refractivity contribution in [3.8, 4) is 5.88 Å². The smallest absolute Gasteiger partial charge is 0.218 e. The molecule has 0 atom stereocenters. The maximum Gasteiger partial charge on any atom is 0.218 e. The van der Waals surface area contributed by atoms with E-state index in [-0.39, 0.29) is 5.41 Å². The first-order chi connectivity index (χ1) is 7.51. The summed E-state index contributed by atoms with van der Waals surface area (Å²) in [4.78, 5) is 8.20. The van der Waals surface area contributed by atoms with Crippen molar-refractivity contribution in [3.05, 3.63) is 12.4 Å². The van der Waals surface area contributed by atoms with E-state index in [4.69, 9.17) is 4.74 Å². The maximum atomic E-state index is 5.44. The van der Waals surface area contributed by atoms with Crippen molar-refractivity contribution in [2.75, 3.05) is 18.5 Å². The molecule has 1 N–H and O–H groups in total. The van der Waals surface area contributed by atoms with Gasteiger partial charge in [-0.25, -0.2) is 9.97 Å². The predicted octanol–water partition coefficient (Wildman–Crippen LogP) is 2.72. The Labute approximate surface area is 97.5 Å². The molecule has 0 spiro atoms. The highest BCUT2D eigenvalue weighted by atomic mass is 16.5. The summed E-state index contributed by atoms with van der Waals surface area (Å²) in [6.45, 7) is 10.2. The zero-order valence-electron chi connectivity index (χ0n) is 10.6. The van der Waals surface area contributed by atoms with Gasteiger partial charge in [-0.3, -0.25) is 0 Å². The third kappa shape index (κ3) is 4.96. The summed E-state index contributed by atoms with van der Waals surface area (Å²) in [6, 6.07) is 1.83. The molecule has 1 aromatic heterocycles. The van der Waals surface area contributed by atoms with Gasteiger partial charge in [-0.2, -0.15) is 0 Å². The number of ether oxygens (including phenoxy) is 1. The Bertz CT molecular complexity index is 320. The van der Waals surface area contributed by atoms with Gasteiger partial charge in [-0.1, -0.05) is 27.7 Å². The second-order valence-corrected chi connectivity index (χ2v) is 5.00. The van der Waals surface area contributed by atoms with Gasteiger partial charge in [0.25, 0.3) is 0 Å². The fraction of sp³-hybridized carbons (Fsp3) is 0.667. The molecule has 0 aliphatic carbocycles. The van der Waals surface area contributed by atoms with Crippen LogP contribution in [0.1, 0.15) is 34.1 Å². The molecule has 0 saturated carbocycles. The summed E-state index contributed by atoms with van der Waals surface area (Å²) in [5.74, 6) is 1.45. The SMILES string of the molecule is CCCOc1cc(NCC(C)(C)C)ncn1. The van der Waals surface area contributed by atoms with Crippen molar-refractivity contribution in [3.63, 3.8) is 0 Å². The van der Waals surface area contributed by atoms with E-state index in [1.807, 2.05) is 6.07 Å². The van der Waals surface area contributed by atoms with Crippen LogP contribution >= 0.6 is 0 Å². The molecule has 0 amide bonds. The number of anilines is 1. The average molecular weight is 223 g/mol. The summed E-state index contributed by atoms with van der Waals surface area (Å²) < 4.78 is 5.44. The molecule has 1 aromatic rings. The van der Waals surface area contributed by atoms with Crippen molar-refractivity contribution in [1.29, 1.82) is 0 Å². The van der Waals surface area contributed by atoms with Crippen LogP contribution in [-0.2, 0) is 0 Å². The topological polar surface area (TPSA) is 47.0 Å². The fourth-order valence-electron chi connectivity index (χ4n) is 1.08. The number of rotatable bonds is 5. The zero-order valence-corrected chi connectivity index (χ0v) is 10.6. The van der Waals surface area contributed by atoms with E-state index >= 15 is 0 Å². The summed E-state index contributed by atoms with van der Waals surface area (Å²) in [6.07, 6.45) is 2.50. The maximum absolute atomic E-state index is 5.44. The van der Waals surface area contributed by atoms with Crippen LogP contribution in [0.4, 0.5) is 5.82 Å². The minimum absolute atomic E-state index is 0.232. The molecule has 0 aromatic carbocycles. The van der Waals surface area contributed by atoms with Crippen LogP contribution in [0.5, 0.6) is 5.88 Å². The van der Waals surface area contributed by atoms with Crippen molar-refractivity contribution >= 4 is 5.82 Å². The molecule has 0 radical (unpaired) electrons. The van der Waals surface area contributed by atoms with E-state index in [0.29, 0.717) is 12.5 Å². The second kappa shape index (κ2) is 5.68. The molecule has 0 saturated heterocycles. The number of aromatic nitrogens is 2. The average Bonchev–Trinajstić information content (AvgIpc) is 2.23. The lowest BCUT2D eigenvalue weighted by atomic mass is 9.97. The summed E-state index contributed by atoms with van der Waals surface area (Å²) in [7, 11) is 0. The molecule has 4 heteroatoms. The molecule has 0 fully saturated rings. The molecular formula is C12H21N3O. The summed E-state index contributed by atoms with van der Waals surface area (Å²) >= 11 is 0. The van der Waals surface area contributed by atoms with Gasteiger partial charge in [0.05, 0.1) is 6.61 Å². The largest absolute Gasteiger partial charge is 0.478 e. The number of nitrogens with zero attached hydrogens (tertiary/aromatic N) is 2. The molecule has 16 heavy (non-hydrogen) atoms. The van der Waals surface area contributed by atoms with Gasteiger partial charge in [0.15, 0.2) is 0 Å². The van der Waals surface area contributed by atoms with E-state index < -0.39 is 0 Å². The van der Waals surface area contributed by atoms with Crippen LogP contribution in [0.15, 0.2) is 12.4 Å². The molecule has 4 nitrogen and oxygen atoms in total. The number of hydrogen-bond acceptors (Lipinski definition) is 4. The highest BCUT2D eigenvalue weighted by Gasteiger charge is 2.10. The van der Waals surface area contributed by atoms with Crippen LogP contribution in [0.3, 0.4) is 0 Å². The third-order valence-electron chi connectivity index (χ3n) is 1.90.